The molecule has 0 aliphatic carbocycles. The third-order valence-electron chi connectivity index (χ3n) is 1.91. The zero-order valence-electron chi connectivity index (χ0n) is 7.60. The van der Waals surface area contributed by atoms with Gasteiger partial charge in [0.15, 0.2) is 0 Å². The lowest BCUT2D eigenvalue weighted by Crippen LogP contribution is -2.20. The molecule has 0 atom stereocenters. The van der Waals surface area contributed by atoms with E-state index in [1.807, 2.05) is 24.1 Å². The van der Waals surface area contributed by atoms with Crippen molar-refractivity contribution < 1.29 is 9.90 Å². The van der Waals surface area contributed by atoms with Gasteiger partial charge in [-0.2, -0.15) is 0 Å². The molecular weight excluding hydrogens is 178 g/mol. The summed E-state index contributed by atoms with van der Waals surface area (Å²) < 4.78 is 0. The number of benzene rings is 1. The van der Waals surface area contributed by atoms with Gasteiger partial charge in [0, 0.05) is 24.8 Å². The molecule has 0 bridgehead atoms. The summed E-state index contributed by atoms with van der Waals surface area (Å²) in [5.41, 5.74) is 1.67. The Hall–Kier alpha value is -1.35. The molecule has 0 heterocycles. The van der Waals surface area contributed by atoms with Crippen molar-refractivity contribution in [2.24, 2.45) is 0 Å². The maximum Gasteiger partial charge on any atom is 0.150 e. The number of hydrogen-bond acceptors (Lipinski definition) is 3. The van der Waals surface area contributed by atoms with Crippen molar-refractivity contribution in [3.63, 3.8) is 0 Å². The van der Waals surface area contributed by atoms with E-state index < -0.39 is 0 Å². The minimum Gasteiger partial charge on any atom is -0.395 e. The molecule has 14 heavy (non-hydrogen) atoms. The molecule has 0 saturated heterocycles. The second kappa shape index (κ2) is 6.16. The Bertz CT molecular complexity index is 269. The van der Waals surface area contributed by atoms with Crippen LogP contribution in [0, 0.1) is 0 Å². The molecule has 0 aromatic heterocycles. The first-order chi connectivity index (χ1) is 6.27. The van der Waals surface area contributed by atoms with Crippen molar-refractivity contribution in [2.75, 3.05) is 25.1 Å². The van der Waals surface area contributed by atoms with Gasteiger partial charge in [-0.05, 0) is 24.3 Å². The molecule has 0 radical (unpaired) electrons. The molecule has 78 valence electrons. The minimum absolute atomic E-state index is 0. The fraction of sp³-hybridized carbons (Fsp3) is 0.364. The molecule has 1 aromatic rings. The molecule has 1 rings (SSSR count). The number of rotatable bonds is 4. The normalized spacial score (nSPS) is 9.00. The molecule has 0 saturated carbocycles. The minimum atomic E-state index is 0. The fourth-order valence-electron chi connectivity index (χ4n) is 1.09. The lowest BCUT2D eigenvalue weighted by atomic mass is 10.2. The maximum absolute atomic E-state index is 10.4. The molecule has 0 fully saturated rings. The van der Waals surface area contributed by atoms with Crippen LogP contribution in [0.25, 0.3) is 0 Å². The monoisotopic (exact) mass is 195 g/mol. The average Bonchev–Trinajstić information content (AvgIpc) is 2.18. The van der Waals surface area contributed by atoms with Crippen LogP contribution in [0.4, 0.5) is 5.69 Å². The van der Waals surface area contributed by atoms with Crippen LogP contribution < -0.4 is 4.90 Å². The van der Waals surface area contributed by atoms with Gasteiger partial charge < -0.3 is 10.0 Å². The van der Waals surface area contributed by atoms with E-state index in [9.17, 15) is 4.79 Å². The number of aldehydes is 1. The zero-order valence-corrected chi connectivity index (χ0v) is 7.60. The first-order valence-corrected chi connectivity index (χ1v) is 4.15. The first-order valence-electron chi connectivity index (χ1n) is 4.15. The van der Waals surface area contributed by atoms with Crippen molar-refractivity contribution in [3.05, 3.63) is 29.8 Å². The number of anilines is 1. The standard InChI is InChI=1S/C10H13NO2.CH4/c1-11(6-7-12)10-4-2-9(8-13)3-5-10;/h2-5,8,12H,6-7H2,1H3;1H4. The van der Waals surface area contributed by atoms with E-state index in [-0.39, 0.29) is 14.0 Å². The Morgan fingerprint density at radius 3 is 2.36 bits per heavy atom. The number of aliphatic hydroxyl groups is 1. The highest BCUT2D eigenvalue weighted by Gasteiger charge is 1.98. The quantitative estimate of drug-likeness (QED) is 0.741. The summed E-state index contributed by atoms with van der Waals surface area (Å²) in [5, 5.41) is 8.70. The van der Waals surface area contributed by atoms with Crippen LogP contribution in [0.1, 0.15) is 17.8 Å². The summed E-state index contributed by atoms with van der Waals surface area (Å²) >= 11 is 0. The Morgan fingerprint density at radius 1 is 1.36 bits per heavy atom. The van der Waals surface area contributed by atoms with Gasteiger partial charge in [0.05, 0.1) is 6.61 Å². The predicted molar refractivity (Wildman–Crippen MR) is 58.9 cm³/mol. The van der Waals surface area contributed by atoms with Gasteiger partial charge in [0.25, 0.3) is 0 Å². The van der Waals surface area contributed by atoms with Crippen LogP contribution in [-0.2, 0) is 0 Å². The van der Waals surface area contributed by atoms with Crippen molar-refractivity contribution in [1.82, 2.24) is 0 Å². The maximum atomic E-state index is 10.4. The Kier molecular flexibility index (Phi) is 5.56. The van der Waals surface area contributed by atoms with Gasteiger partial charge >= 0.3 is 0 Å². The fourth-order valence-corrected chi connectivity index (χ4v) is 1.09. The molecule has 0 unspecified atom stereocenters. The summed E-state index contributed by atoms with van der Waals surface area (Å²) in [6.07, 6.45) is 0.815. The number of carbonyl (C=O) groups is 1. The van der Waals surface area contributed by atoms with Crippen LogP contribution in [-0.4, -0.2) is 31.6 Å². The Balaban J connectivity index is 0.00000169. The third-order valence-corrected chi connectivity index (χ3v) is 1.91. The van der Waals surface area contributed by atoms with Crippen LogP contribution in [0.2, 0.25) is 0 Å². The number of hydrogen-bond donors (Lipinski definition) is 1. The zero-order chi connectivity index (χ0) is 9.68. The van der Waals surface area contributed by atoms with Gasteiger partial charge in [-0.1, -0.05) is 7.43 Å². The van der Waals surface area contributed by atoms with Crippen LogP contribution in [0.5, 0.6) is 0 Å². The molecule has 1 N–H and O–H groups in total. The second-order valence-corrected chi connectivity index (χ2v) is 2.85. The van der Waals surface area contributed by atoms with E-state index in [2.05, 4.69) is 0 Å². The van der Waals surface area contributed by atoms with E-state index in [0.717, 1.165) is 12.0 Å². The van der Waals surface area contributed by atoms with Gasteiger partial charge in [-0.25, -0.2) is 0 Å². The van der Waals surface area contributed by atoms with Crippen molar-refractivity contribution >= 4 is 12.0 Å². The SMILES string of the molecule is C.CN(CCO)c1ccc(C=O)cc1. The molecule has 3 nitrogen and oxygen atoms in total. The van der Waals surface area contributed by atoms with E-state index >= 15 is 0 Å². The smallest absolute Gasteiger partial charge is 0.150 e. The predicted octanol–water partition coefficient (Wildman–Crippen LogP) is 1.56. The lowest BCUT2D eigenvalue weighted by Gasteiger charge is -2.17. The van der Waals surface area contributed by atoms with E-state index in [1.165, 1.54) is 0 Å². The third kappa shape index (κ3) is 3.18. The highest BCUT2D eigenvalue weighted by molar-refractivity contribution is 5.75. The van der Waals surface area contributed by atoms with E-state index in [4.69, 9.17) is 5.11 Å². The van der Waals surface area contributed by atoms with Crippen LogP contribution in [0.15, 0.2) is 24.3 Å². The van der Waals surface area contributed by atoms with Gasteiger partial charge in [0.2, 0.25) is 0 Å². The van der Waals surface area contributed by atoms with Gasteiger partial charge in [-0.3, -0.25) is 4.79 Å². The number of nitrogens with zero attached hydrogens (tertiary/aromatic N) is 1. The Labute approximate surface area is 85.0 Å². The first kappa shape index (κ1) is 12.7. The van der Waals surface area contributed by atoms with E-state index in [1.54, 1.807) is 12.1 Å². The lowest BCUT2D eigenvalue weighted by molar-refractivity contribution is 0.112. The summed E-state index contributed by atoms with van der Waals surface area (Å²) in [6.45, 7) is 0.729. The summed E-state index contributed by atoms with van der Waals surface area (Å²) in [7, 11) is 1.89. The highest BCUT2D eigenvalue weighted by atomic mass is 16.3. The molecule has 0 aliphatic heterocycles. The topological polar surface area (TPSA) is 40.5 Å². The number of likely N-dealkylation sites (N-methyl/N-ethyl adjacent to an activating group) is 1. The van der Waals surface area contributed by atoms with Crippen molar-refractivity contribution in [2.45, 2.75) is 7.43 Å². The van der Waals surface area contributed by atoms with Crippen LogP contribution >= 0.6 is 0 Å². The molecule has 0 aliphatic rings. The number of carbonyl (C=O) groups excluding carboxylic acids is 1. The van der Waals surface area contributed by atoms with Gasteiger partial charge in [-0.15, -0.1) is 0 Å². The summed E-state index contributed by atoms with van der Waals surface area (Å²) in [4.78, 5) is 12.3. The summed E-state index contributed by atoms with van der Waals surface area (Å²) in [6, 6.07) is 7.24. The molecular formula is C11H17NO2. The Morgan fingerprint density at radius 2 is 1.93 bits per heavy atom. The van der Waals surface area contributed by atoms with E-state index in [0.29, 0.717) is 12.1 Å². The summed E-state index contributed by atoms with van der Waals surface area (Å²) in [5.74, 6) is 0. The second-order valence-electron chi connectivity index (χ2n) is 2.85. The molecule has 0 amide bonds. The highest BCUT2D eigenvalue weighted by Crippen LogP contribution is 2.12. The molecule has 1 aromatic carbocycles. The largest absolute Gasteiger partial charge is 0.395 e. The van der Waals surface area contributed by atoms with Crippen LogP contribution in [0.3, 0.4) is 0 Å². The average molecular weight is 195 g/mol. The molecule has 0 spiro atoms. The molecule has 3 heteroatoms. The van der Waals surface area contributed by atoms with Gasteiger partial charge in [0.1, 0.15) is 6.29 Å². The van der Waals surface area contributed by atoms with Crippen molar-refractivity contribution in [3.8, 4) is 0 Å². The number of aliphatic hydroxyl groups excluding tert-OH is 1. The van der Waals surface area contributed by atoms with Crippen molar-refractivity contribution in [1.29, 1.82) is 0 Å².